The molecule has 0 aromatic carbocycles. The number of carbonyl (C=O) groups is 1. The van der Waals surface area contributed by atoms with Crippen LogP contribution in [0.1, 0.15) is 0 Å². The highest BCUT2D eigenvalue weighted by Gasteiger charge is 2.07. The molecule has 92 valence electrons. The number of hydrogen-bond acceptors (Lipinski definition) is 5. The number of rotatable bonds is 5. The summed E-state index contributed by atoms with van der Waals surface area (Å²) in [6.07, 6.45) is 6.79. The van der Waals surface area contributed by atoms with Crippen LogP contribution in [0.5, 0.6) is 0 Å². The van der Waals surface area contributed by atoms with Gasteiger partial charge in [0.25, 0.3) is 0 Å². The fraction of sp³-hybridized carbons (Fsp3) is 0.182. The van der Waals surface area contributed by atoms with Crippen LogP contribution in [0.4, 0.5) is 0 Å². The molecule has 2 aromatic rings. The van der Waals surface area contributed by atoms with E-state index in [1.807, 2.05) is 6.07 Å². The lowest BCUT2D eigenvalue weighted by Crippen LogP contribution is -2.36. The summed E-state index contributed by atoms with van der Waals surface area (Å²) in [6, 6.07) is 3.60. The minimum Gasteiger partial charge on any atom is -0.481 e. The molecule has 1 N–H and O–H groups in total. The fourth-order valence-corrected chi connectivity index (χ4v) is 1.87. The van der Waals surface area contributed by atoms with Gasteiger partial charge in [-0.25, -0.2) is 9.97 Å². The number of carboxylic acid groups (broad SMARTS) is 1. The van der Waals surface area contributed by atoms with Crippen molar-refractivity contribution in [1.29, 1.82) is 0 Å². The third-order valence-electron chi connectivity index (χ3n) is 2.04. The zero-order valence-electron chi connectivity index (χ0n) is 9.43. The molecule has 2 aromatic heterocycles. The Labute approximate surface area is 108 Å². The number of thioether (sulfide) groups is 1. The lowest BCUT2D eigenvalue weighted by molar-refractivity contribution is -0.734. The molecule has 6 nitrogen and oxygen atoms in total. The van der Waals surface area contributed by atoms with E-state index in [2.05, 4.69) is 15.1 Å². The van der Waals surface area contributed by atoms with Crippen LogP contribution < -0.4 is 4.68 Å². The van der Waals surface area contributed by atoms with Gasteiger partial charge in [-0.05, 0) is 11.2 Å². The van der Waals surface area contributed by atoms with Crippen molar-refractivity contribution in [3.05, 3.63) is 36.9 Å². The van der Waals surface area contributed by atoms with Crippen LogP contribution in [0.25, 0.3) is 11.4 Å². The average Bonchev–Trinajstić information content (AvgIpc) is 2.40. The molecule has 2 heterocycles. The second-order valence-electron chi connectivity index (χ2n) is 3.40. The monoisotopic (exact) mass is 263 g/mol. The molecule has 0 aliphatic heterocycles. The zero-order chi connectivity index (χ0) is 12.8. The van der Waals surface area contributed by atoms with Crippen LogP contribution in [0.15, 0.2) is 36.9 Å². The van der Waals surface area contributed by atoms with Crippen LogP contribution in [-0.4, -0.2) is 31.9 Å². The molecular formula is C11H11N4O2S+. The molecule has 0 fully saturated rings. The fourth-order valence-electron chi connectivity index (χ4n) is 1.27. The summed E-state index contributed by atoms with van der Waals surface area (Å²) in [5.41, 5.74) is 0.829. The summed E-state index contributed by atoms with van der Waals surface area (Å²) in [5, 5.41) is 12.7. The first-order valence-electron chi connectivity index (χ1n) is 5.18. The molecule has 0 bridgehead atoms. The minimum atomic E-state index is -0.824. The molecule has 0 atom stereocenters. The van der Waals surface area contributed by atoms with Crippen molar-refractivity contribution in [3.8, 4) is 11.4 Å². The molecule has 0 aliphatic carbocycles. The van der Waals surface area contributed by atoms with E-state index in [0.29, 0.717) is 11.7 Å². The molecular weight excluding hydrogens is 252 g/mol. The van der Waals surface area contributed by atoms with Gasteiger partial charge >= 0.3 is 5.97 Å². The molecule has 0 unspecified atom stereocenters. The molecule has 0 radical (unpaired) electrons. The summed E-state index contributed by atoms with van der Waals surface area (Å²) in [6.45, 7) is 0. The molecule has 18 heavy (non-hydrogen) atoms. The van der Waals surface area contributed by atoms with Crippen LogP contribution in [0.3, 0.4) is 0 Å². The Hall–Kier alpha value is -2.02. The van der Waals surface area contributed by atoms with Crippen LogP contribution in [0, 0.1) is 0 Å². The van der Waals surface area contributed by atoms with E-state index in [4.69, 9.17) is 5.11 Å². The Morgan fingerprint density at radius 3 is 2.78 bits per heavy atom. The van der Waals surface area contributed by atoms with Gasteiger partial charge < -0.3 is 5.11 Å². The van der Waals surface area contributed by atoms with Gasteiger partial charge in [0.1, 0.15) is 6.20 Å². The van der Waals surface area contributed by atoms with Gasteiger partial charge in [-0.1, -0.05) is 16.4 Å². The number of carboxylic acids is 1. The number of aliphatic carboxylic acids is 1. The topological polar surface area (TPSA) is 79.9 Å². The van der Waals surface area contributed by atoms with Gasteiger partial charge in [0.05, 0.1) is 5.75 Å². The predicted octanol–water partition coefficient (Wildman–Crippen LogP) is 0.601. The normalized spacial score (nSPS) is 10.2. The van der Waals surface area contributed by atoms with Crippen molar-refractivity contribution in [1.82, 2.24) is 15.1 Å². The van der Waals surface area contributed by atoms with Crippen LogP contribution in [-0.2, 0) is 10.7 Å². The van der Waals surface area contributed by atoms with E-state index in [1.165, 1.54) is 11.8 Å². The van der Waals surface area contributed by atoms with Crippen LogP contribution >= 0.6 is 11.8 Å². The van der Waals surface area contributed by atoms with Crippen molar-refractivity contribution in [2.75, 3.05) is 5.75 Å². The van der Waals surface area contributed by atoms with Gasteiger partial charge in [0.2, 0.25) is 5.88 Å². The molecule has 7 heteroatoms. The van der Waals surface area contributed by atoms with E-state index in [1.54, 1.807) is 35.5 Å². The Kier molecular flexibility index (Phi) is 4.19. The molecule has 0 amide bonds. The Balaban J connectivity index is 2.00. The first-order chi connectivity index (χ1) is 8.75. The summed E-state index contributed by atoms with van der Waals surface area (Å²) < 4.78 is 1.67. The maximum absolute atomic E-state index is 10.4. The minimum absolute atomic E-state index is 0.0677. The van der Waals surface area contributed by atoms with Crippen molar-refractivity contribution >= 4 is 17.7 Å². The zero-order valence-corrected chi connectivity index (χ0v) is 10.2. The SMILES string of the molecule is O=C(O)CSC[n+]1ccc(-c2ncccn2)cn1. The van der Waals surface area contributed by atoms with E-state index < -0.39 is 5.97 Å². The second kappa shape index (κ2) is 6.06. The smallest absolute Gasteiger partial charge is 0.313 e. The Morgan fingerprint density at radius 1 is 1.39 bits per heavy atom. The average molecular weight is 263 g/mol. The van der Waals surface area contributed by atoms with E-state index in [0.717, 1.165) is 5.56 Å². The largest absolute Gasteiger partial charge is 0.481 e. The highest BCUT2D eigenvalue weighted by molar-refractivity contribution is 7.98. The third-order valence-corrected chi connectivity index (χ3v) is 2.94. The first kappa shape index (κ1) is 12.4. The van der Waals surface area contributed by atoms with Gasteiger partial charge in [-0.2, -0.15) is 0 Å². The lowest BCUT2D eigenvalue weighted by atomic mass is 10.3. The van der Waals surface area contributed by atoms with Crippen LogP contribution in [0.2, 0.25) is 0 Å². The van der Waals surface area contributed by atoms with Crippen molar-refractivity contribution < 1.29 is 14.6 Å². The summed E-state index contributed by atoms with van der Waals surface area (Å²) in [7, 11) is 0. The van der Waals surface area contributed by atoms with E-state index in [-0.39, 0.29) is 5.75 Å². The molecule has 0 saturated heterocycles. The lowest BCUT2D eigenvalue weighted by Gasteiger charge is -1.97. The van der Waals surface area contributed by atoms with Crippen molar-refractivity contribution in [2.24, 2.45) is 0 Å². The highest BCUT2D eigenvalue weighted by Crippen LogP contribution is 2.09. The number of aromatic nitrogens is 4. The van der Waals surface area contributed by atoms with Gasteiger partial charge in [-0.15, -0.1) is 0 Å². The van der Waals surface area contributed by atoms with E-state index >= 15 is 0 Å². The summed E-state index contributed by atoms with van der Waals surface area (Å²) in [5.74, 6) is 0.366. The molecule has 2 rings (SSSR count). The molecule has 0 spiro atoms. The van der Waals surface area contributed by atoms with Gasteiger partial charge in [-0.3, -0.25) is 4.79 Å². The molecule has 0 saturated carbocycles. The molecule has 0 aliphatic rings. The van der Waals surface area contributed by atoms with Crippen molar-refractivity contribution in [2.45, 2.75) is 5.88 Å². The number of nitrogens with zero attached hydrogens (tertiary/aromatic N) is 4. The standard InChI is InChI=1S/C11H10N4O2S/c16-10(17)7-18-8-15-5-2-9(6-14-15)11-12-3-1-4-13-11/h1-6H,7-8H2/p+1. The summed E-state index contributed by atoms with van der Waals surface area (Å²) in [4.78, 5) is 18.6. The first-order valence-corrected chi connectivity index (χ1v) is 6.34. The Morgan fingerprint density at radius 2 is 2.17 bits per heavy atom. The maximum atomic E-state index is 10.4. The highest BCUT2D eigenvalue weighted by atomic mass is 32.2. The second-order valence-corrected chi connectivity index (χ2v) is 4.35. The quantitative estimate of drug-likeness (QED) is 0.796. The van der Waals surface area contributed by atoms with Gasteiger partial charge in [0, 0.05) is 24.0 Å². The maximum Gasteiger partial charge on any atom is 0.313 e. The summed E-state index contributed by atoms with van der Waals surface area (Å²) >= 11 is 1.29. The van der Waals surface area contributed by atoms with Crippen molar-refractivity contribution in [3.63, 3.8) is 0 Å². The number of hydrogen-bond donors (Lipinski definition) is 1. The van der Waals surface area contributed by atoms with E-state index in [9.17, 15) is 4.79 Å². The van der Waals surface area contributed by atoms with Gasteiger partial charge in [0.15, 0.2) is 12.0 Å². The predicted molar refractivity (Wildman–Crippen MR) is 65.6 cm³/mol. The third kappa shape index (κ3) is 3.49. The Bertz CT molecular complexity index is 518.